The monoisotopic (exact) mass is 233 g/mol. The molecule has 90 valence electrons. The first kappa shape index (κ1) is 11.6. The van der Waals surface area contributed by atoms with E-state index in [-0.39, 0.29) is 0 Å². The zero-order valence-corrected chi connectivity index (χ0v) is 10.2. The number of hydrogen-bond donors (Lipinski definition) is 0. The van der Waals surface area contributed by atoms with Gasteiger partial charge in [-0.15, -0.1) is 0 Å². The molecule has 0 saturated heterocycles. The highest BCUT2D eigenvalue weighted by Crippen LogP contribution is 2.31. The first-order valence-corrected chi connectivity index (χ1v) is 5.61. The minimum Gasteiger partial charge on any atom is -0.461 e. The minimum absolute atomic E-state index is 0.307. The van der Waals surface area contributed by atoms with Gasteiger partial charge in [-0.2, -0.15) is 0 Å². The summed E-state index contributed by atoms with van der Waals surface area (Å²) >= 11 is 0. The molecule has 0 spiro atoms. The second-order valence-electron chi connectivity index (χ2n) is 4.19. The summed E-state index contributed by atoms with van der Waals surface area (Å²) in [5.74, 6) is -0.433. The molecule has 0 radical (unpaired) electrons. The molecule has 1 aromatic rings. The van der Waals surface area contributed by atoms with Crippen molar-refractivity contribution in [1.82, 2.24) is 4.57 Å². The van der Waals surface area contributed by atoms with E-state index in [2.05, 4.69) is 0 Å². The molecule has 0 atom stereocenters. The topological polar surface area (TPSA) is 48.3 Å². The van der Waals surface area contributed by atoms with Gasteiger partial charge in [0.1, 0.15) is 5.69 Å². The molecule has 1 aliphatic carbocycles. The first-order valence-electron chi connectivity index (χ1n) is 5.61. The van der Waals surface area contributed by atoms with Crippen molar-refractivity contribution >= 4 is 18.3 Å². The molecule has 1 aromatic heterocycles. The van der Waals surface area contributed by atoms with Crippen LogP contribution in [0.15, 0.2) is 5.57 Å². The summed E-state index contributed by atoms with van der Waals surface area (Å²) in [4.78, 5) is 23.0. The third-order valence-corrected chi connectivity index (χ3v) is 3.01. The van der Waals surface area contributed by atoms with Gasteiger partial charge in [0.2, 0.25) is 0 Å². The smallest absolute Gasteiger partial charge is 0.355 e. The number of carbonyl (C=O) groups is 2. The van der Waals surface area contributed by atoms with E-state index in [9.17, 15) is 9.59 Å². The fourth-order valence-corrected chi connectivity index (χ4v) is 2.29. The number of aldehydes is 1. The molecule has 4 heteroatoms. The number of fused-ring (bicyclic) bond motifs is 1. The highest BCUT2D eigenvalue weighted by Gasteiger charge is 2.27. The Morgan fingerprint density at radius 3 is 2.88 bits per heavy atom. The van der Waals surface area contributed by atoms with Gasteiger partial charge in [-0.1, -0.05) is 5.57 Å². The van der Waals surface area contributed by atoms with Crippen LogP contribution in [0.1, 0.15) is 46.0 Å². The van der Waals surface area contributed by atoms with Crippen LogP contribution < -0.4 is 0 Å². The molecule has 0 saturated carbocycles. The van der Waals surface area contributed by atoms with Gasteiger partial charge in [0.25, 0.3) is 0 Å². The Labute approximate surface area is 99.9 Å². The summed E-state index contributed by atoms with van der Waals surface area (Å²) < 4.78 is 6.72. The average Bonchev–Trinajstić information content (AvgIpc) is 2.76. The third-order valence-electron chi connectivity index (χ3n) is 3.01. The number of nitrogens with zero attached hydrogens (tertiary/aromatic N) is 1. The molecular formula is C13H15NO3. The van der Waals surface area contributed by atoms with Gasteiger partial charge in [-0.05, 0) is 31.9 Å². The van der Waals surface area contributed by atoms with Crippen LogP contribution in [0.4, 0.5) is 0 Å². The Morgan fingerprint density at radius 2 is 2.29 bits per heavy atom. The van der Waals surface area contributed by atoms with Gasteiger partial charge < -0.3 is 9.30 Å². The van der Waals surface area contributed by atoms with Crippen molar-refractivity contribution in [3.63, 3.8) is 0 Å². The molecule has 0 aliphatic heterocycles. The minimum atomic E-state index is -0.433. The second kappa shape index (κ2) is 4.20. The van der Waals surface area contributed by atoms with E-state index in [1.165, 1.54) is 5.57 Å². The van der Waals surface area contributed by atoms with Crippen molar-refractivity contribution in [2.24, 2.45) is 7.05 Å². The Morgan fingerprint density at radius 1 is 1.59 bits per heavy atom. The van der Waals surface area contributed by atoms with Crippen molar-refractivity contribution in [2.75, 3.05) is 6.61 Å². The van der Waals surface area contributed by atoms with E-state index in [1.54, 1.807) is 18.5 Å². The number of aromatic nitrogens is 1. The predicted octanol–water partition coefficient (Wildman–Crippen LogP) is 1.97. The lowest BCUT2D eigenvalue weighted by Gasteiger charge is -2.05. The Kier molecular flexibility index (Phi) is 2.88. The number of hydrogen-bond acceptors (Lipinski definition) is 3. The largest absolute Gasteiger partial charge is 0.461 e. The molecule has 0 bridgehead atoms. The molecule has 1 heterocycles. The maximum Gasteiger partial charge on any atom is 0.355 e. The number of carbonyl (C=O) groups excluding carboxylic acids is 2. The predicted molar refractivity (Wildman–Crippen MR) is 64.1 cm³/mol. The Hall–Kier alpha value is -1.84. The average molecular weight is 233 g/mol. The maximum atomic E-state index is 11.8. The van der Waals surface area contributed by atoms with Gasteiger partial charge in [0.15, 0.2) is 6.29 Å². The van der Waals surface area contributed by atoms with Crippen LogP contribution in [0, 0.1) is 0 Å². The zero-order valence-electron chi connectivity index (χ0n) is 10.2. The quantitative estimate of drug-likeness (QED) is 0.592. The number of rotatable bonds is 3. The highest BCUT2D eigenvalue weighted by atomic mass is 16.5. The van der Waals surface area contributed by atoms with Crippen molar-refractivity contribution in [3.8, 4) is 0 Å². The number of ether oxygens (including phenoxy) is 1. The SMILES string of the molecule is CCOC(=O)c1c(C=O)c2c(n1C)C=C(C)C2. The molecule has 0 N–H and O–H groups in total. The van der Waals surface area contributed by atoms with Crippen LogP contribution in [0.25, 0.3) is 6.08 Å². The lowest BCUT2D eigenvalue weighted by Crippen LogP contribution is -2.12. The lowest BCUT2D eigenvalue weighted by atomic mass is 10.1. The summed E-state index contributed by atoms with van der Waals surface area (Å²) in [6.07, 6.45) is 3.49. The Bertz CT molecular complexity index is 523. The van der Waals surface area contributed by atoms with Gasteiger partial charge in [0.05, 0.1) is 12.2 Å². The molecule has 0 aromatic carbocycles. The van der Waals surface area contributed by atoms with Crippen LogP contribution in [0.3, 0.4) is 0 Å². The van der Waals surface area contributed by atoms with Gasteiger partial charge in [-0.25, -0.2) is 4.79 Å². The maximum absolute atomic E-state index is 11.8. The van der Waals surface area contributed by atoms with Gasteiger partial charge in [0, 0.05) is 12.7 Å². The molecule has 0 fully saturated rings. The van der Waals surface area contributed by atoms with Crippen molar-refractivity contribution in [3.05, 3.63) is 28.1 Å². The van der Waals surface area contributed by atoms with Crippen molar-refractivity contribution in [2.45, 2.75) is 20.3 Å². The zero-order chi connectivity index (χ0) is 12.6. The summed E-state index contributed by atoms with van der Waals surface area (Å²) in [6, 6.07) is 0. The van der Waals surface area contributed by atoms with E-state index >= 15 is 0 Å². The molecule has 1 aliphatic rings. The molecule has 2 rings (SSSR count). The van der Waals surface area contributed by atoms with E-state index < -0.39 is 5.97 Å². The van der Waals surface area contributed by atoms with Crippen LogP contribution in [0.5, 0.6) is 0 Å². The van der Waals surface area contributed by atoms with Crippen LogP contribution in [-0.2, 0) is 18.2 Å². The third kappa shape index (κ3) is 1.69. The van der Waals surface area contributed by atoms with Crippen LogP contribution in [0.2, 0.25) is 0 Å². The molecule has 17 heavy (non-hydrogen) atoms. The number of esters is 1. The van der Waals surface area contributed by atoms with Gasteiger partial charge >= 0.3 is 5.97 Å². The standard InChI is InChI=1S/C13H15NO3/c1-4-17-13(16)12-10(7-15)9-5-8(2)6-11(9)14(12)3/h6-7H,4-5H2,1-3H3. The van der Waals surface area contributed by atoms with E-state index in [1.807, 2.05) is 13.0 Å². The molecule has 0 unspecified atom stereocenters. The summed E-state index contributed by atoms with van der Waals surface area (Å²) in [6.45, 7) is 4.07. The van der Waals surface area contributed by atoms with E-state index in [4.69, 9.17) is 4.74 Å². The lowest BCUT2D eigenvalue weighted by molar-refractivity contribution is 0.0513. The number of allylic oxidation sites excluding steroid dienone is 1. The summed E-state index contributed by atoms with van der Waals surface area (Å²) in [5.41, 5.74) is 3.89. The summed E-state index contributed by atoms with van der Waals surface area (Å²) in [5, 5.41) is 0. The van der Waals surface area contributed by atoms with Crippen molar-refractivity contribution in [1.29, 1.82) is 0 Å². The fourth-order valence-electron chi connectivity index (χ4n) is 2.29. The van der Waals surface area contributed by atoms with E-state index in [0.717, 1.165) is 24.0 Å². The first-order chi connectivity index (χ1) is 8.10. The van der Waals surface area contributed by atoms with Gasteiger partial charge in [-0.3, -0.25) is 4.79 Å². The Balaban J connectivity index is 2.57. The highest BCUT2D eigenvalue weighted by molar-refractivity contribution is 6.00. The molecule has 4 nitrogen and oxygen atoms in total. The summed E-state index contributed by atoms with van der Waals surface area (Å²) in [7, 11) is 1.78. The second-order valence-corrected chi connectivity index (χ2v) is 4.19. The molecule has 0 amide bonds. The normalized spacial score (nSPS) is 13.2. The van der Waals surface area contributed by atoms with Crippen molar-refractivity contribution < 1.29 is 14.3 Å². The van der Waals surface area contributed by atoms with E-state index in [0.29, 0.717) is 17.9 Å². The van der Waals surface area contributed by atoms with Crippen LogP contribution in [-0.4, -0.2) is 23.4 Å². The fraction of sp³-hybridized carbons (Fsp3) is 0.385. The van der Waals surface area contributed by atoms with Crippen LogP contribution >= 0.6 is 0 Å². The molecular weight excluding hydrogens is 218 g/mol.